The molecule has 6 nitrogen and oxygen atoms in total. The first kappa shape index (κ1) is 15.1. The monoisotopic (exact) mass is 307 g/mol. The predicted octanol–water partition coefficient (Wildman–Crippen LogP) is 0.919. The van der Waals surface area contributed by atoms with Gasteiger partial charge in [0.05, 0.1) is 6.42 Å². The largest absolute Gasteiger partial charge is 0.332 e. The highest BCUT2D eigenvalue weighted by Crippen LogP contribution is 2.10. The molecule has 0 aliphatic heterocycles. The molecule has 0 fully saturated rings. The molecule has 1 amide bonds. The number of hydrogen-bond donors (Lipinski definition) is 1. The van der Waals surface area contributed by atoms with Crippen molar-refractivity contribution in [3.63, 3.8) is 0 Å². The molecule has 0 spiro atoms. The normalized spacial score (nSPS) is 10.4. The van der Waals surface area contributed by atoms with Gasteiger partial charge < -0.3 is 5.32 Å². The second-order valence-electron chi connectivity index (χ2n) is 4.62. The minimum Gasteiger partial charge on any atom is -0.312 e. The summed E-state index contributed by atoms with van der Waals surface area (Å²) in [6.07, 6.45) is 0.126. The third-order valence-corrected chi connectivity index (χ3v) is 3.32. The van der Waals surface area contributed by atoms with Gasteiger partial charge in [0, 0.05) is 25.2 Å². The fourth-order valence-corrected chi connectivity index (χ4v) is 1.95. The lowest BCUT2D eigenvalue weighted by atomic mass is 10.1. The number of aromatic nitrogens is 2. The van der Waals surface area contributed by atoms with Crippen LogP contribution >= 0.6 is 11.6 Å². The van der Waals surface area contributed by atoms with Gasteiger partial charge in [0.2, 0.25) is 5.91 Å². The first-order valence-electron chi connectivity index (χ1n) is 6.20. The molecule has 2 rings (SSSR count). The minimum absolute atomic E-state index is 0.126. The van der Waals surface area contributed by atoms with Gasteiger partial charge >= 0.3 is 5.69 Å². The summed E-state index contributed by atoms with van der Waals surface area (Å²) in [5.74, 6) is -0.150. The van der Waals surface area contributed by atoms with E-state index in [9.17, 15) is 14.4 Å². The Hall–Kier alpha value is -2.34. The zero-order valence-electron chi connectivity index (χ0n) is 11.6. The number of benzene rings is 1. The summed E-state index contributed by atoms with van der Waals surface area (Å²) in [5, 5.41) is 3.15. The molecule has 7 heteroatoms. The van der Waals surface area contributed by atoms with Crippen molar-refractivity contribution < 1.29 is 4.79 Å². The summed E-state index contributed by atoms with van der Waals surface area (Å²) < 4.78 is 2.18. The van der Waals surface area contributed by atoms with Crippen LogP contribution in [0.5, 0.6) is 0 Å². The molecule has 0 unspecified atom stereocenters. The summed E-state index contributed by atoms with van der Waals surface area (Å²) in [5.41, 5.74) is -0.185. The molecule has 1 aromatic heterocycles. The van der Waals surface area contributed by atoms with E-state index >= 15 is 0 Å². The number of nitrogens with one attached hydrogen (secondary N) is 1. The van der Waals surface area contributed by atoms with Gasteiger partial charge in [-0.2, -0.15) is 0 Å². The fourth-order valence-electron chi connectivity index (χ4n) is 1.83. The number of rotatable bonds is 3. The lowest BCUT2D eigenvalue weighted by Gasteiger charge is -2.10. The average molecular weight is 308 g/mol. The standard InChI is InChI=1S/C14H14ClN3O3/c1-17-11(8-13(20)18(2)14(17)21)16-12(19)7-9-3-5-10(15)6-4-9/h3-6,8H,7H2,1-2H3,(H,16,19). The number of anilines is 1. The van der Waals surface area contributed by atoms with Gasteiger partial charge in [0.15, 0.2) is 0 Å². The van der Waals surface area contributed by atoms with Crippen molar-refractivity contribution >= 4 is 23.3 Å². The smallest absolute Gasteiger partial charge is 0.312 e. The second-order valence-corrected chi connectivity index (χ2v) is 5.06. The molecule has 1 aromatic carbocycles. The third-order valence-electron chi connectivity index (χ3n) is 3.07. The van der Waals surface area contributed by atoms with Gasteiger partial charge in [0.25, 0.3) is 5.56 Å². The van der Waals surface area contributed by atoms with E-state index in [0.29, 0.717) is 5.02 Å². The Labute approximate surface area is 125 Å². The molecule has 0 saturated heterocycles. The van der Waals surface area contributed by atoms with Crippen molar-refractivity contribution in [1.82, 2.24) is 9.13 Å². The van der Waals surface area contributed by atoms with Crippen LogP contribution in [0.1, 0.15) is 5.56 Å². The fraction of sp³-hybridized carbons (Fsp3) is 0.214. The zero-order valence-corrected chi connectivity index (χ0v) is 12.3. The molecule has 0 radical (unpaired) electrons. The number of halogens is 1. The first-order valence-corrected chi connectivity index (χ1v) is 6.57. The maximum atomic E-state index is 12.0. The average Bonchev–Trinajstić information content (AvgIpc) is 2.45. The van der Waals surface area contributed by atoms with Crippen molar-refractivity contribution in [2.75, 3.05) is 5.32 Å². The van der Waals surface area contributed by atoms with Gasteiger partial charge in [-0.3, -0.25) is 18.7 Å². The Balaban J connectivity index is 2.19. The number of amides is 1. The maximum absolute atomic E-state index is 12.0. The number of hydrogen-bond acceptors (Lipinski definition) is 3. The molecule has 110 valence electrons. The van der Waals surface area contributed by atoms with Crippen molar-refractivity contribution in [3.8, 4) is 0 Å². The quantitative estimate of drug-likeness (QED) is 0.916. The second kappa shape index (κ2) is 5.97. The van der Waals surface area contributed by atoms with Gasteiger partial charge in [-0.05, 0) is 17.7 Å². The highest BCUT2D eigenvalue weighted by molar-refractivity contribution is 6.30. The molecule has 1 heterocycles. The van der Waals surface area contributed by atoms with Crippen molar-refractivity contribution in [3.05, 3.63) is 61.8 Å². The Morgan fingerprint density at radius 2 is 1.76 bits per heavy atom. The van der Waals surface area contributed by atoms with Gasteiger partial charge in [0.1, 0.15) is 5.82 Å². The Kier molecular flexibility index (Phi) is 4.28. The van der Waals surface area contributed by atoms with Gasteiger partial charge in [-0.15, -0.1) is 0 Å². The Morgan fingerprint density at radius 3 is 2.38 bits per heavy atom. The van der Waals surface area contributed by atoms with E-state index in [1.165, 1.54) is 24.7 Å². The van der Waals surface area contributed by atoms with Crippen LogP contribution in [0.4, 0.5) is 5.82 Å². The topological polar surface area (TPSA) is 73.1 Å². The van der Waals surface area contributed by atoms with E-state index < -0.39 is 11.2 Å². The van der Waals surface area contributed by atoms with Crippen LogP contribution in [0.2, 0.25) is 5.02 Å². The lowest BCUT2D eigenvalue weighted by Crippen LogP contribution is -2.38. The summed E-state index contributed by atoms with van der Waals surface area (Å²) >= 11 is 5.77. The lowest BCUT2D eigenvalue weighted by molar-refractivity contribution is -0.115. The summed E-state index contributed by atoms with van der Waals surface area (Å²) in [6, 6.07) is 8.08. The predicted molar refractivity (Wildman–Crippen MR) is 80.7 cm³/mol. The highest BCUT2D eigenvalue weighted by Gasteiger charge is 2.09. The first-order chi connectivity index (χ1) is 9.88. The van der Waals surface area contributed by atoms with Crippen LogP contribution in [-0.4, -0.2) is 15.0 Å². The van der Waals surface area contributed by atoms with Gasteiger partial charge in [-0.1, -0.05) is 23.7 Å². The SMILES string of the molecule is Cn1c(NC(=O)Cc2ccc(Cl)cc2)cc(=O)n(C)c1=O. The maximum Gasteiger partial charge on any atom is 0.332 e. The van der Waals surface area contributed by atoms with Crippen LogP contribution in [0, 0.1) is 0 Å². The molecule has 0 bridgehead atoms. The number of nitrogens with zero attached hydrogens (tertiary/aromatic N) is 2. The summed E-state index contributed by atoms with van der Waals surface area (Å²) in [4.78, 5) is 35.3. The van der Waals surface area contributed by atoms with E-state index in [4.69, 9.17) is 11.6 Å². The summed E-state index contributed by atoms with van der Waals surface area (Å²) in [6.45, 7) is 0. The minimum atomic E-state index is -0.496. The molecular formula is C14H14ClN3O3. The molecule has 0 aliphatic rings. The third kappa shape index (κ3) is 3.41. The van der Waals surface area contributed by atoms with Crippen LogP contribution in [0.25, 0.3) is 0 Å². The van der Waals surface area contributed by atoms with E-state index in [2.05, 4.69) is 5.32 Å². The van der Waals surface area contributed by atoms with E-state index in [1.807, 2.05) is 0 Å². The number of carbonyl (C=O) groups is 1. The molecule has 0 atom stereocenters. The van der Waals surface area contributed by atoms with Crippen LogP contribution in [0.15, 0.2) is 39.9 Å². The van der Waals surface area contributed by atoms with E-state index in [1.54, 1.807) is 24.3 Å². The molecular weight excluding hydrogens is 294 g/mol. The molecule has 21 heavy (non-hydrogen) atoms. The Bertz CT molecular complexity index is 791. The molecule has 0 saturated carbocycles. The van der Waals surface area contributed by atoms with Crippen LogP contribution in [-0.2, 0) is 25.3 Å². The van der Waals surface area contributed by atoms with E-state index in [0.717, 1.165) is 10.1 Å². The van der Waals surface area contributed by atoms with Crippen LogP contribution in [0.3, 0.4) is 0 Å². The highest BCUT2D eigenvalue weighted by atomic mass is 35.5. The molecule has 0 aliphatic carbocycles. The zero-order chi connectivity index (χ0) is 15.6. The van der Waals surface area contributed by atoms with E-state index in [-0.39, 0.29) is 18.1 Å². The van der Waals surface area contributed by atoms with Crippen molar-refractivity contribution in [1.29, 1.82) is 0 Å². The van der Waals surface area contributed by atoms with Gasteiger partial charge in [-0.25, -0.2) is 4.79 Å². The summed E-state index contributed by atoms with van der Waals surface area (Å²) in [7, 11) is 2.86. The van der Waals surface area contributed by atoms with Crippen LogP contribution < -0.4 is 16.6 Å². The molecule has 1 N–H and O–H groups in total. The van der Waals surface area contributed by atoms with Crippen molar-refractivity contribution in [2.24, 2.45) is 14.1 Å². The molecule has 2 aromatic rings. The van der Waals surface area contributed by atoms with Crippen molar-refractivity contribution in [2.45, 2.75) is 6.42 Å². The number of carbonyl (C=O) groups excluding carboxylic acids is 1. The Morgan fingerprint density at radius 1 is 1.14 bits per heavy atom.